The number of nitrogens with one attached hydrogen (secondary N) is 1. The third-order valence-electron chi connectivity index (χ3n) is 4.81. The molecule has 0 spiro atoms. The summed E-state index contributed by atoms with van der Waals surface area (Å²) < 4.78 is 15.1. The van der Waals surface area contributed by atoms with Crippen LogP contribution in [-0.4, -0.2) is 14.4 Å². The molecule has 3 heterocycles. The normalized spacial score (nSPS) is 11.8. The Bertz CT molecular complexity index is 1340. The van der Waals surface area contributed by atoms with E-state index in [0.29, 0.717) is 22.2 Å². The predicted octanol–water partition coefficient (Wildman–Crippen LogP) is 4.20. The van der Waals surface area contributed by atoms with Gasteiger partial charge in [-0.1, -0.05) is 30.3 Å². The lowest BCUT2D eigenvalue weighted by Crippen LogP contribution is -2.21. The number of nitrogens with zero attached hydrogens (tertiary/aromatic N) is 4. The molecular formula is C22H17FN6O. The monoisotopic (exact) mass is 400 g/mol. The lowest BCUT2D eigenvalue weighted by molar-refractivity contribution is 0.618. The Balaban J connectivity index is 1.92. The number of pyridine rings is 2. The molecule has 0 radical (unpaired) electrons. The predicted molar refractivity (Wildman–Crippen MR) is 114 cm³/mol. The van der Waals surface area contributed by atoms with Gasteiger partial charge in [0, 0.05) is 17.8 Å². The highest BCUT2D eigenvalue weighted by molar-refractivity contribution is 5.77. The van der Waals surface area contributed by atoms with E-state index in [1.54, 1.807) is 6.07 Å². The molecule has 4 aromatic rings. The van der Waals surface area contributed by atoms with Crippen molar-refractivity contribution >= 4 is 22.8 Å². The van der Waals surface area contributed by atoms with Gasteiger partial charge in [0.2, 0.25) is 0 Å². The van der Waals surface area contributed by atoms with E-state index in [1.165, 1.54) is 23.0 Å². The van der Waals surface area contributed by atoms with Crippen LogP contribution in [0.2, 0.25) is 0 Å². The summed E-state index contributed by atoms with van der Waals surface area (Å²) in [5.41, 5.74) is 7.94. The van der Waals surface area contributed by atoms with E-state index in [1.807, 2.05) is 43.3 Å². The van der Waals surface area contributed by atoms with Gasteiger partial charge >= 0.3 is 0 Å². The van der Waals surface area contributed by atoms with Crippen LogP contribution < -0.4 is 16.6 Å². The summed E-state index contributed by atoms with van der Waals surface area (Å²) in [6.45, 7) is 9.20. The van der Waals surface area contributed by atoms with Gasteiger partial charge in [-0.15, -0.1) is 0 Å². The topological polar surface area (TPSA) is 89.7 Å². The van der Waals surface area contributed by atoms with Gasteiger partial charge in [-0.3, -0.25) is 9.20 Å². The maximum absolute atomic E-state index is 13.8. The van der Waals surface area contributed by atoms with E-state index in [2.05, 4.69) is 20.1 Å². The van der Waals surface area contributed by atoms with E-state index in [9.17, 15) is 9.18 Å². The van der Waals surface area contributed by atoms with Gasteiger partial charge in [-0.2, -0.15) is 0 Å². The average molecular weight is 400 g/mol. The highest BCUT2D eigenvalue weighted by atomic mass is 19.1. The Morgan fingerprint density at radius 3 is 2.70 bits per heavy atom. The number of fused-ring (bicyclic) bond motifs is 1. The first-order chi connectivity index (χ1) is 14.5. The van der Waals surface area contributed by atoms with E-state index < -0.39 is 11.9 Å². The number of benzene rings is 1. The third-order valence-corrected chi connectivity index (χ3v) is 4.81. The van der Waals surface area contributed by atoms with Gasteiger partial charge in [0.1, 0.15) is 23.8 Å². The van der Waals surface area contributed by atoms with E-state index in [0.717, 1.165) is 0 Å². The quantitative estimate of drug-likeness (QED) is 0.501. The molecule has 3 N–H and O–H groups in total. The molecule has 0 amide bonds. The third kappa shape index (κ3) is 3.33. The van der Waals surface area contributed by atoms with Crippen molar-refractivity contribution in [1.29, 1.82) is 0 Å². The van der Waals surface area contributed by atoms with Crippen molar-refractivity contribution < 1.29 is 4.39 Å². The average Bonchev–Trinajstić information content (AvgIpc) is 2.75. The highest BCUT2D eigenvalue weighted by Crippen LogP contribution is 2.33. The van der Waals surface area contributed by atoms with Gasteiger partial charge in [0.25, 0.3) is 11.2 Å². The van der Waals surface area contributed by atoms with Crippen molar-refractivity contribution in [3.63, 3.8) is 0 Å². The number of nitrogen functional groups attached to an aromatic ring is 1. The molecule has 148 valence electrons. The maximum Gasteiger partial charge on any atom is 0.268 e. The fourth-order valence-electron chi connectivity index (χ4n) is 3.38. The number of aromatic nitrogens is 3. The largest absolute Gasteiger partial charge is 0.392 e. The fraction of sp³-hybridized carbons (Fsp3) is 0.0909. The number of anilines is 2. The molecule has 3 aromatic heterocycles. The van der Waals surface area contributed by atoms with Gasteiger partial charge in [-0.25, -0.2) is 19.2 Å². The van der Waals surface area contributed by atoms with Crippen LogP contribution in [0.1, 0.15) is 18.5 Å². The molecule has 4 rings (SSSR count). The number of rotatable bonds is 4. The molecular weight excluding hydrogens is 383 g/mol. The number of hydrogen-bond donors (Lipinski definition) is 2. The van der Waals surface area contributed by atoms with E-state index in [4.69, 9.17) is 12.3 Å². The van der Waals surface area contributed by atoms with E-state index in [-0.39, 0.29) is 22.9 Å². The summed E-state index contributed by atoms with van der Waals surface area (Å²) in [6.07, 6.45) is 2.45. The maximum atomic E-state index is 13.8. The first kappa shape index (κ1) is 19.1. The standard InChI is InChI=1S/C22H17FN6O/c1-13(28-21-19(25-2)20(24)26-12-27-21)17-10-16-9-8-15(23)11-29(16)22(30)18(17)14-6-4-3-5-7-14/h3-13H,1H3,(H3,24,26,27,28)/t13-/m0/s1. The van der Waals surface area contributed by atoms with Crippen LogP contribution >= 0.6 is 0 Å². The second-order valence-electron chi connectivity index (χ2n) is 6.72. The zero-order chi connectivity index (χ0) is 21.3. The number of nitrogens with two attached hydrogens (primary N) is 1. The van der Waals surface area contributed by atoms with Crippen molar-refractivity contribution in [3.8, 4) is 11.1 Å². The zero-order valence-corrected chi connectivity index (χ0v) is 16.0. The molecule has 0 bridgehead atoms. The molecule has 0 unspecified atom stereocenters. The van der Waals surface area contributed by atoms with Crippen LogP contribution in [0.15, 0.2) is 65.8 Å². The Morgan fingerprint density at radius 2 is 1.97 bits per heavy atom. The molecule has 0 aliphatic carbocycles. The molecule has 0 aliphatic heterocycles. The van der Waals surface area contributed by atoms with Crippen LogP contribution in [0.3, 0.4) is 0 Å². The Hall–Kier alpha value is -4.25. The first-order valence-corrected chi connectivity index (χ1v) is 9.14. The lowest BCUT2D eigenvalue weighted by atomic mass is 9.96. The minimum atomic E-state index is -0.499. The van der Waals surface area contributed by atoms with Crippen molar-refractivity contribution in [2.24, 2.45) is 0 Å². The van der Waals surface area contributed by atoms with Crippen molar-refractivity contribution in [3.05, 3.63) is 94.2 Å². The molecule has 8 heteroatoms. The molecule has 0 fully saturated rings. The second-order valence-corrected chi connectivity index (χ2v) is 6.72. The van der Waals surface area contributed by atoms with Gasteiger partial charge in [0.15, 0.2) is 0 Å². The molecule has 7 nitrogen and oxygen atoms in total. The van der Waals surface area contributed by atoms with Crippen molar-refractivity contribution in [2.45, 2.75) is 13.0 Å². The Kier molecular flexibility index (Phi) is 4.86. The van der Waals surface area contributed by atoms with Crippen LogP contribution in [0.4, 0.5) is 21.7 Å². The second kappa shape index (κ2) is 7.64. The van der Waals surface area contributed by atoms with Crippen LogP contribution in [0, 0.1) is 12.4 Å². The van der Waals surface area contributed by atoms with Crippen LogP contribution in [0.25, 0.3) is 21.5 Å². The fourth-order valence-corrected chi connectivity index (χ4v) is 3.38. The molecule has 0 aliphatic rings. The summed E-state index contributed by atoms with van der Waals surface area (Å²) in [5, 5.41) is 3.16. The van der Waals surface area contributed by atoms with Crippen LogP contribution in [0.5, 0.6) is 0 Å². The SMILES string of the molecule is [C-]#[N+]c1c(N)ncnc1N[C@@H](C)c1cc2ccc(F)cn2c(=O)c1-c1ccccc1. The van der Waals surface area contributed by atoms with E-state index >= 15 is 0 Å². The highest BCUT2D eigenvalue weighted by Gasteiger charge is 2.20. The number of halogens is 1. The van der Waals surface area contributed by atoms with Gasteiger partial charge in [-0.05, 0) is 36.2 Å². The Morgan fingerprint density at radius 1 is 1.20 bits per heavy atom. The van der Waals surface area contributed by atoms with Crippen molar-refractivity contribution in [1.82, 2.24) is 14.4 Å². The summed E-state index contributed by atoms with van der Waals surface area (Å²) in [6, 6.07) is 13.4. The molecule has 30 heavy (non-hydrogen) atoms. The van der Waals surface area contributed by atoms with Crippen LogP contribution in [-0.2, 0) is 0 Å². The first-order valence-electron chi connectivity index (χ1n) is 9.14. The molecule has 1 atom stereocenters. The Labute approximate surface area is 171 Å². The summed E-state index contributed by atoms with van der Waals surface area (Å²) in [7, 11) is 0. The minimum Gasteiger partial charge on any atom is -0.392 e. The molecule has 0 saturated heterocycles. The van der Waals surface area contributed by atoms with Gasteiger partial charge < -0.3 is 11.1 Å². The van der Waals surface area contributed by atoms with Gasteiger partial charge in [0.05, 0.1) is 12.1 Å². The number of hydrogen-bond acceptors (Lipinski definition) is 5. The minimum absolute atomic E-state index is 0.0760. The lowest BCUT2D eigenvalue weighted by Gasteiger charge is -2.20. The zero-order valence-electron chi connectivity index (χ0n) is 16.0. The summed E-state index contributed by atoms with van der Waals surface area (Å²) >= 11 is 0. The summed E-state index contributed by atoms with van der Waals surface area (Å²) in [5.74, 6) is -0.143. The smallest absolute Gasteiger partial charge is 0.268 e. The molecule has 0 saturated carbocycles. The summed E-state index contributed by atoms with van der Waals surface area (Å²) in [4.78, 5) is 24.7. The van der Waals surface area contributed by atoms with Crippen molar-refractivity contribution in [2.75, 3.05) is 11.1 Å². The molecule has 1 aromatic carbocycles.